The number of imidazole rings is 1. The summed E-state index contributed by atoms with van der Waals surface area (Å²) in [5.74, 6) is 0. The van der Waals surface area contributed by atoms with E-state index in [1.807, 2.05) is 6.92 Å². The molecule has 0 aliphatic rings. The first-order valence-electron chi connectivity index (χ1n) is 4.29. The zero-order valence-corrected chi connectivity index (χ0v) is 8.76. The predicted octanol–water partition coefficient (Wildman–Crippen LogP) is 0.812. The number of H-pyrrole nitrogens is 1. The van der Waals surface area contributed by atoms with Crippen molar-refractivity contribution < 1.29 is 0 Å². The molecule has 14 heavy (non-hydrogen) atoms. The lowest BCUT2D eigenvalue weighted by Crippen LogP contribution is -2.29. The Balaban J connectivity index is 3.11. The van der Waals surface area contributed by atoms with Gasteiger partial charge < -0.3 is 4.98 Å². The minimum atomic E-state index is -0.128. The summed E-state index contributed by atoms with van der Waals surface area (Å²) in [6.07, 6.45) is 1.55. The van der Waals surface area contributed by atoms with Gasteiger partial charge in [-0.15, -0.1) is 0 Å². The van der Waals surface area contributed by atoms with Crippen LogP contribution in [0.25, 0.3) is 11.2 Å². The summed E-state index contributed by atoms with van der Waals surface area (Å²) in [6, 6.07) is 0. The Labute approximate surface area is 85.0 Å². The number of aromatic nitrogens is 4. The molecule has 2 aromatic heterocycles. The molecule has 0 aliphatic heterocycles. The van der Waals surface area contributed by atoms with Crippen LogP contribution in [0.5, 0.6) is 0 Å². The third kappa shape index (κ3) is 1.04. The van der Waals surface area contributed by atoms with Crippen LogP contribution in [0.3, 0.4) is 0 Å². The van der Waals surface area contributed by atoms with Crippen LogP contribution < -0.4 is 5.69 Å². The zero-order valence-electron chi connectivity index (χ0n) is 7.94. The second-order valence-corrected chi connectivity index (χ2v) is 3.38. The third-order valence-electron chi connectivity index (χ3n) is 2.23. The highest BCUT2D eigenvalue weighted by Crippen LogP contribution is 2.07. The number of nitrogens with one attached hydrogen (secondary N) is 1. The van der Waals surface area contributed by atoms with Crippen LogP contribution in [0.2, 0.25) is 0 Å². The summed E-state index contributed by atoms with van der Waals surface area (Å²) in [7, 11) is 1.66. The number of nitrogens with zero attached hydrogens (tertiary/aromatic N) is 3. The molecule has 1 N–H and O–H groups in total. The molecule has 5 nitrogen and oxygen atoms in total. The fraction of sp³-hybridized carbons (Fsp3) is 0.375. The van der Waals surface area contributed by atoms with Gasteiger partial charge in [0.15, 0.2) is 5.65 Å². The Bertz CT molecular complexity index is 591. The van der Waals surface area contributed by atoms with Gasteiger partial charge in [-0.25, -0.2) is 9.78 Å². The summed E-state index contributed by atoms with van der Waals surface area (Å²) >= 11 is 5.12. The van der Waals surface area contributed by atoms with E-state index in [0.29, 0.717) is 16.8 Å². The van der Waals surface area contributed by atoms with Gasteiger partial charge in [0.2, 0.25) is 0 Å². The van der Waals surface area contributed by atoms with Gasteiger partial charge in [-0.2, -0.15) is 0 Å². The minimum absolute atomic E-state index is 0.128. The fourth-order valence-corrected chi connectivity index (χ4v) is 1.69. The molecule has 0 atom stereocenters. The molecule has 0 radical (unpaired) electrons. The van der Waals surface area contributed by atoms with Crippen molar-refractivity contribution in [3.05, 3.63) is 21.5 Å². The second-order valence-electron chi connectivity index (χ2n) is 2.99. The number of aromatic amines is 1. The number of aryl methyl sites for hydroxylation is 1. The Kier molecular flexibility index (Phi) is 1.99. The summed E-state index contributed by atoms with van der Waals surface area (Å²) < 4.78 is 3.52. The molecule has 0 saturated heterocycles. The van der Waals surface area contributed by atoms with Crippen LogP contribution >= 0.6 is 12.2 Å². The number of fused-ring (bicyclic) bond motifs is 1. The van der Waals surface area contributed by atoms with Crippen molar-refractivity contribution in [2.75, 3.05) is 0 Å². The third-order valence-corrected chi connectivity index (χ3v) is 2.71. The van der Waals surface area contributed by atoms with Gasteiger partial charge in [0.25, 0.3) is 0 Å². The lowest BCUT2D eigenvalue weighted by Gasteiger charge is -2.05. The molecule has 2 aromatic rings. The van der Waals surface area contributed by atoms with Crippen LogP contribution in [0, 0.1) is 4.64 Å². The van der Waals surface area contributed by atoms with Crippen molar-refractivity contribution in [3.63, 3.8) is 0 Å². The summed E-state index contributed by atoms with van der Waals surface area (Å²) in [5.41, 5.74) is 1.24. The molecule has 6 heteroatoms. The minimum Gasteiger partial charge on any atom is -0.341 e. The van der Waals surface area contributed by atoms with Gasteiger partial charge in [0.05, 0.1) is 6.33 Å². The molecule has 2 heterocycles. The summed E-state index contributed by atoms with van der Waals surface area (Å²) in [6.45, 7) is 2.49. The molecule has 0 aromatic carbocycles. The summed E-state index contributed by atoms with van der Waals surface area (Å²) in [5, 5.41) is 0. The lowest BCUT2D eigenvalue weighted by atomic mass is 10.5. The normalized spacial score (nSPS) is 11.0. The molecule has 0 aliphatic carbocycles. The van der Waals surface area contributed by atoms with E-state index in [0.717, 1.165) is 5.52 Å². The Morgan fingerprint density at radius 1 is 1.64 bits per heavy atom. The van der Waals surface area contributed by atoms with Crippen LogP contribution in [0.1, 0.15) is 6.92 Å². The first-order chi connectivity index (χ1) is 6.66. The van der Waals surface area contributed by atoms with E-state index in [2.05, 4.69) is 9.97 Å². The molecule has 0 fully saturated rings. The molecular weight excluding hydrogens is 200 g/mol. The van der Waals surface area contributed by atoms with Crippen molar-refractivity contribution in [1.29, 1.82) is 0 Å². The SMILES string of the molecule is CCn1c(=O)n(C)c(=S)c2[nH]cnc21. The van der Waals surface area contributed by atoms with E-state index >= 15 is 0 Å². The van der Waals surface area contributed by atoms with E-state index in [-0.39, 0.29) is 5.69 Å². The maximum Gasteiger partial charge on any atom is 0.330 e. The van der Waals surface area contributed by atoms with Crippen molar-refractivity contribution in [3.8, 4) is 0 Å². The Hall–Kier alpha value is -1.43. The van der Waals surface area contributed by atoms with Crippen LogP contribution in [0.15, 0.2) is 11.1 Å². The van der Waals surface area contributed by atoms with E-state index < -0.39 is 0 Å². The van der Waals surface area contributed by atoms with Gasteiger partial charge in [0, 0.05) is 13.6 Å². The Morgan fingerprint density at radius 2 is 2.36 bits per heavy atom. The van der Waals surface area contributed by atoms with Crippen molar-refractivity contribution in [2.45, 2.75) is 13.5 Å². The summed E-state index contributed by atoms with van der Waals surface area (Å²) in [4.78, 5) is 18.8. The van der Waals surface area contributed by atoms with Crippen molar-refractivity contribution in [2.24, 2.45) is 7.05 Å². The van der Waals surface area contributed by atoms with E-state index in [1.54, 1.807) is 17.9 Å². The molecule has 0 amide bonds. The van der Waals surface area contributed by atoms with E-state index in [9.17, 15) is 4.79 Å². The number of hydrogen-bond donors (Lipinski definition) is 1. The first kappa shape index (κ1) is 9.14. The predicted molar refractivity (Wildman–Crippen MR) is 55.8 cm³/mol. The van der Waals surface area contributed by atoms with Crippen molar-refractivity contribution in [1.82, 2.24) is 19.1 Å². The van der Waals surface area contributed by atoms with Gasteiger partial charge >= 0.3 is 5.69 Å². The maximum absolute atomic E-state index is 11.7. The molecular formula is C8H10N4OS. The van der Waals surface area contributed by atoms with Crippen LogP contribution in [0.4, 0.5) is 0 Å². The highest BCUT2D eigenvalue weighted by Gasteiger charge is 2.08. The van der Waals surface area contributed by atoms with Crippen LogP contribution in [-0.4, -0.2) is 19.1 Å². The molecule has 0 spiro atoms. The smallest absolute Gasteiger partial charge is 0.330 e. The second kappa shape index (κ2) is 3.06. The molecule has 74 valence electrons. The first-order valence-corrected chi connectivity index (χ1v) is 4.70. The average Bonchev–Trinajstić information content (AvgIpc) is 2.64. The lowest BCUT2D eigenvalue weighted by molar-refractivity contribution is 0.660. The van der Waals surface area contributed by atoms with Crippen LogP contribution in [-0.2, 0) is 13.6 Å². The standard InChI is InChI=1S/C8H10N4OS/c1-3-12-6-5(9-4-10-6)7(14)11(2)8(12)13/h4H,3H2,1-2H3,(H,9,10). The topological polar surface area (TPSA) is 55.6 Å². The quantitative estimate of drug-likeness (QED) is 0.709. The molecule has 2 rings (SSSR count). The largest absolute Gasteiger partial charge is 0.341 e. The molecule has 0 bridgehead atoms. The highest BCUT2D eigenvalue weighted by molar-refractivity contribution is 7.71. The molecule has 0 unspecified atom stereocenters. The van der Waals surface area contributed by atoms with Gasteiger partial charge in [-0.05, 0) is 6.92 Å². The monoisotopic (exact) mass is 210 g/mol. The van der Waals surface area contributed by atoms with Gasteiger partial charge in [-0.3, -0.25) is 9.13 Å². The van der Waals surface area contributed by atoms with E-state index in [4.69, 9.17) is 12.2 Å². The van der Waals surface area contributed by atoms with Crippen molar-refractivity contribution >= 4 is 23.4 Å². The zero-order chi connectivity index (χ0) is 10.3. The fourth-order valence-electron chi connectivity index (χ4n) is 1.46. The van der Waals surface area contributed by atoms with Gasteiger partial charge in [0.1, 0.15) is 10.2 Å². The van der Waals surface area contributed by atoms with Gasteiger partial charge in [-0.1, -0.05) is 12.2 Å². The number of rotatable bonds is 1. The van der Waals surface area contributed by atoms with E-state index in [1.165, 1.54) is 4.57 Å². The highest BCUT2D eigenvalue weighted by atomic mass is 32.1. The molecule has 0 saturated carbocycles. The maximum atomic E-state index is 11.7. The average molecular weight is 210 g/mol. The Morgan fingerprint density at radius 3 is 3.00 bits per heavy atom. The number of hydrogen-bond acceptors (Lipinski definition) is 3.